The van der Waals surface area contributed by atoms with E-state index in [2.05, 4.69) is 25.6 Å². The van der Waals surface area contributed by atoms with Crippen LogP contribution in [-0.4, -0.2) is 62.0 Å². The molecule has 2 aromatic heterocycles. The van der Waals surface area contributed by atoms with Crippen molar-refractivity contribution in [2.75, 3.05) is 25.1 Å². The van der Waals surface area contributed by atoms with Crippen molar-refractivity contribution in [1.82, 2.24) is 24.8 Å². The number of aromatic nitrogens is 4. The average Bonchev–Trinajstić information content (AvgIpc) is 3.36. The number of hydrogen-bond acceptors (Lipinski definition) is 9. The Kier molecular flexibility index (Phi) is 10.1. The van der Waals surface area contributed by atoms with Gasteiger partial charge >= 0.3 is 12.1 Å². The van der Waals surface area contributed by atoms with Gasteiger partial charge in [0.1, 0.15) is 28.9 Å². The number of ether oxygens (including phenoxy) is 3. The summed E-state index contributed by atoms with van der Waals surface area (Å²) in [4.78, 5) is 35.8. The van der Waals surface area contributed by atoms with E-state index in [-0.39, 0.29) is 6.42 Å². The number of nitrogens with zero attached hydrogens (tertiary/aromatic N) is 4. The van der Waals surface area contributed by atoms with E-state index in [9.17, 15) is 9.59 Å². The molecule has 0 spiro atoms. The average molecular weight is 577 g/mol. The van der Waals surface area contributed by atoms with Gasteiger partial charge in [0.25, 0.3) is 0 Å². The molecule has 0 radical (unpaired) electrons. The molecule has 1 amide bonds. The quantitative estimate of drug-likeness (QED) is 0.165. The summed E-state index contributed by atoms with van der Waals surface area (Å²) >= 11 is 0. The Hall–Kier alpha value is -4.87. The monoisotopic (exact) mass is 576 g/mol. The van der Waals surface area contributed by atoms with E-state index in [1.54, 1.807) is 12.5 Å². The first-order chi connectivity index (χ1) is 20.2. The predicted molar refractivity (Wildman–Crippen MR) is 158 cm³/mol. The van der Waals surface area contributed by atoms with E-state index in [4.69, 9.17) is 19.3 Å². The lowest BCUT2D eigenvalue weighted by atomic mass is 10.2. The standard InChI is InChI=1S/C30H36N6O6/c1-30(2,3)42-29(39)31-16-6-18-41-23-12-8-21(9-13-23)34-28-32-19-25-27(35-28)36(20-33-25)22-10-14-24(15-11-22)40-17-5-4-7-26(37)38/h8-15,19-20H,4-7,16-18H2,1-3H3,(H,31,39)(H,37,38)(H,32,34,35). The number of carbonyl (C=O) groups is 2. The minimum absolute atomic E-state index is 0.145. The van der Waals surface area contributed by atoms with Crippen molar-refractivity contribution >= 4 is 34.9 Å². The van der Waals surface area contributed by atoms with E-state index in [1.165, 1.54) is 0 Å². The molecular weight excluding hydrogens is 540 g/mol. The van der Waals surface area contributed by atoms with Gasteiger partial charge < -0.3 is 30.0 Å². The highest BCUT2D eigenvalue weighted by atomic mass is 16.6. The Morgan fingerprint density at radius 3 is 2.24 bits per heavy atom. The lowest BCUT2D eigenvalue weighted by molar-refractivity contribution is -0.137. The lowest BCUT2D eigenvalue weighted by Gasteiger charge is -2.19. The van der Waals surface area contributed by atoms with Crippen molar-refractivity contribution in [3.63, 3.8) is 0 Å². The van der Waals surface area contributed by atoms with Gasteiger partial charge in [-0.1, -0.05) is 0 Å². The number of alkyl carbamates (subject to hydrolysis) is 1. The summed E-state index contributed by atoms with van der Waals surface area (Å²) in [6.45, 7) is 6.84. The van der Waals surface area contributed by atoms with Crippen LogP contribution in [0.2, 0.25) is 0 Å². The zero-order valence-electron chi connectivity index (χ0n) is 24.0. The first-order valence-corrected chi connectivity index (χ1v) is 13.8. The molecule has 2 heterocycles. The van der Waals surface area contributed by atoms with Crippen LogP contribution in [0.15, 0.2) is 61.1 Å². The molecule has 42 heavy (non-hydrogen) atoms. The van der Waals surface area contributed by atoms with E-state index >= 15 is 0 Å². The highest BCUT2D eigenvalue weighted by Crippen LogP contribution is 2.22. The molecule has 0 aliphatic carbocycles. The largest absolute Gasteiger partial charge is 0.494 e. The summed E-state index contributed by atoms with van der Waals surface area (Å²) in [5.74, 6) is 1.05. The molecule has 4 aromatic rings. The molecule has 0 saturated carbocycles. The van der Waals surface area contributed by atoms with Crippen LogP contribution >= 0.6 is 0 Å². The molecule has 0 unspecified atom stereocenters. The molecule has 12 nitrogen and oxygen atoms in total. The maximum absolute atomic E-state index is 11.7. The summed E-state index contributed by atoms with van der Waals surface area (Å²) in [7, 11) is 0. The number of anilines is 2. The van der Waals surface area contributed by atoms with Gasteiger partial charge in [0.15, 0.2) is 5.65 Å². The predicted octanol–water partition coefficient (Wildman–Crippen LogP) is 5.49. The number of nitrogens with one attached hydrogen (secondary N) is 2. The number of unbranched alkanes of at least 4 members (excludes halogenated alkanes) is 1. The molecule has 0 aliphatic rings. The second-order valence-corrected chi connectivity index (χ2v) is 10.5. The molecule has 0 fully saturated rings. The van der Waals surface area contributed by atoms with Gasteiger partial charge in [-0.05, 0) is 88.6 Å². The van der Waals surface area contributed by atoms with Crippen LogP contribution in [-0.2, 0) is 9.53 Å². The minimum atomic E-state index is -0.795. The number of amides is 1. The third-order valence-electron chi connectivity index (χ3n) is 5.83. The summed E-state index contributed by atoms with van der Waals surface area (Å²) < 4.78 is 18.6. The van der Waals surface area contributed by atoms with Crippen molar-refractivity contribution in [1.29, 1.82) is 0 Å². The number of fused-ring (bicyclic) bond motifs is 1. The summed E-state index contributed by atoms with van der Waals surface area (Å²) in [5, 5.41) is 14.6. The van der Waals surface area contributed by atoms with E-state index < -0.39 is 17.7 Å². The number of rotatable bonds is 14. The number of aliphatic carboxylic acids is 1. The van der Waals surface area contributed by atoms with Gasteiger partial charge in [0.05, 0.1) is 19.4 Å². The Morgan fingerprint density at radius 2 is 1.57 bits per heavy atom. The Bertz CT molecular complexity index is 1460. The van der Waals surface area contributed by atoms with Gasteiger partial charge in [-0.2, -0.15) is 4.98 Å². The number of imidazole rings is 1. The second-order valence-electron chi connectivity index (χ2n) is 10.5. The van der Waals surface area contributed by atoms with Crippen LogP contribution in [0.1, 0.15) is 46.5 Å². The number of hydrogen-bond donors (Lipinski definition) is 3. The first kappa shape index (κ1) is 30.1. The molecule has 3 N–H and O–H groups in total. The topological polar surface area (TPSA) is 150 Å². The SMILES string of the molecule is CC(C)(C)OC(=O)NCCCOc1ccc(Nc2ncc3ncn(-c4ccc(OCCCCC(=O)O)cc4)c3n2)cc1. The maximum Gasteiger partial charge on any atom is 0.407 e. The Labute approximate surface area is 244 Å². The van der Waals surface area contributed by atoms with Crippen LogP contribution in [0.3, 0.4) is 0 Å². The normalized spacial score (nSPS) is 11.2. The Morgan fingerprint density at radius 1 is 0.905 bits per heavy atom. The van der Waals surface area contributed by atoms with Crippen molar-refractivity contribution in [3.05, 3.63) is 61.1 Å². The summed E-state index contributed by atoms with van der Waals surface area (Å²) in [5.41, 5.74) is 2.44. The molecular formula is C30H36N6O6. The lowest BCUT2D eigenvalue weighted by Crippen LogP contribution is -2.33. The van der Waals surface area contributed by atoms with Crippen LogP contribution in [0.5, 0.6) is 11.5 Å². The molecule has 12 heteroatoms. The molecule has 0 saturated heterocycles. The van der Waals surface area contributed by atoms with E-state index in [0.717, 1.165) is 11.4 Å². The zero-order chi connectivity index (χ0) is 30.0. The van der Waals surface area contributed by atoms with E-state index in [1.807, 2.05) is 73.9 Å². The van der Waals surface area contributed by atoms with Crippen LogP contribution in [0.4, 0.5) is 16.4 Å². The zero-order valence-corrected chi connectivity index (χ0v) is 24.0. The fourth-order valence-electron chi connectivity index (χ4n) is 3.86. The molecule has 2 aromatic carbocycles. The van der Waals surface area contributed by atoms with Crippen LogP contribution in [0.25, 0.3) is 16.9 Å². The van der Waals surface area contributed by atoms with Crippen molar-refractivity contribution in [3.8, 4) is 17.2 Å². The summed E-state index contributed by atoms with van der Waals surface area (Å²) in [6, 6.07) is 15.0. The molecule has 0 atom stereocenters. The van der Waals surface area contributed by atoms with Gasteiger partial charge in [-0.15, -0.1) is 0 Å². The number of benzene rings is 2. The van der Waals surface area contributed by atoms with Crippen LogP contribution < -0.4 is 20.1 Å². The third-order valence-corrected chi connectivity index (χ3v) is 5.83. The van der Waals surface area contributed by atoms with Crippen molar-refractivity contribution in [2.45, 2.75) is 52.1 Å². The molecule has 0 aliphatic heterocycles. The van der Waals surface area contributed by atoms with Gasteiger partial charge in [-0.3, -0.25) is 9.36 Å². The van der Waals surface area contributed by atoms with E-state index in [0.29, 0.717) is 67.6 Å². The second kappa shape index (κ2) is 14.2. The summed E-state index contributed by atoms with van der Waals surface area (Å²) in [6.07, 6.45) is 4.97. The fourth-order valence-corrected chi connectivity index (χ4v) is 3.86. The van der Waals surface area contributed by atoms with Gasteiger partial charge in [-0.25, -0.2) is 14.8 Å². The highest BCUT2D eigenvalue weighted by Gasteiger charge is 2.15. The molecule has 222 valence electrons. The molecule has 0 bridgehead atoms. The molecule has 4 rings (SSSR count). The number of carboxylic acid groups (broad SMARTS) is 1. The number of carbonyl (C=O) groups excluding carboxylic acids is 1. The van der Waals surface area contributed by atoms with Crippen molar-refractivity contribution in [2.24, 2.45) is 0 Å². The van der Waals surface area contributed by atoms with Crippen molar-refractivity contribution < 1.29 is 28.9 Å². The van der Waals surface area contributed by atoms with Gasteiger partial charge in [0.2, 0.25) is 5.95 Å². The third kappa shape index (κ3) is 9.36. The number of carboxylic acids is 1. The fraction of sp³-hybridized carbons (Fsp3) is 0.367. The van der Waals surface area contributed by atoms with Crippen LogP contribution in [0, 0.1) is 0 Å². The minimum Gasteiger partial charge on any atom is -0.494 e. The van der Waals surface area contributed by atoms with Gasteiger partial charge in [0, 0.05) is 24.3 Å². The first-order valence-electron chi connectivity index (χ1n) is 13.8. The smallest absolute Gasteiger partial charge is 0.407 e. The Balaban J connectivity index is 1.28. The maximum atomic E-state index is 11.7. The highest BCUT2D eigenvalue weighted by molar-refractivity contribution is 5.74.